The van der Waals surface area contributed by atoms with Crippen molar-refractivity contribution >= 4 is 37.5 Å². The van der Waals surface area contributed by atoms with Gasteiger partial charge in [-0.25, -0.2) is 8.42 Å². The van der Waals surface area contributed by atoms with Gasteiger partial charge in [-0.3, -0.25) is 4.79 Å². The number of carbonyl (C=O) groups excluding carboxylic acids is 1. The maximum Gasteiger partial charge on any atom is 0.255 e. The number of hydrogen-bond acceptors (Lipinski definition) is 5. The monoisotopic (exact) mass is 468 g/mol. The largest absolute Gasteiger partial charge is 0.493 e. The molecular weight excluding hydrogens is 448 g/mol. The molecule has 1 aliphatic rings. The third-order valence-corrected chi connectivity index (χ3v) is 6.75. The quantitative estimate of drug-likeness (QED) is 0.703. The molecule has 2 aromatic rings. The molecule has 1 fully saturated rings. The lowest BCUT2D eigenvalue weighted by atomic mass is 10.2. The van der Waals surface area contributed by atoms with Gasteiger partial charge in [0.1, 0.15) is 5.75 Å². The van der Waals surface area contributed by atoms with Gasteiger partial charge in [-0.05, 0) is 65.3 Å². The molecule has 28 heavy (non-hydrogen) atoms. The Bertz CT molecular complexity index is 941. The Balaban J connectivity index is 1.70. The third kappa shape index (κ3) is 4.72. The standard InChI is InChI=1S/C19H21BrN2O5S/c1-2-27-18-8-3-14(13-17(18)20)19(23)21-15-4-6-16(7-5-15)28(24,25)22-9-11-26-12-10-22/h3-8,13H,2,9-12H2,1H3,(H,21,23). The van der Waals surface area contributed by atoms with E-state index in [0.29, 0.717) is 54.4 Å². The highest BCUT2D eigenvalue weighted by atomic mass is 79.9. The number of anilines is 1. The number of halogens is 1. The summed E-state index contributed by atoms with van der Waals surface area (Å²) in [5.41, 5.74) is 0.969. The Kier molecular flexibility index (Phi) is 6.71. The predicted molar refractivity (Wildman–Crippen MR) is 109 cm³/mol. The minimum absolute atomic E-state index is 0.191. The lowest BCUT2D eigenvalue weighted by molar-refractivity contribution is 0.0730. The van der Waals surface area contributed by atoms with Gasteiger partial charge in [0.2, 0.25) is 10.0 Å². The van der Waals surface area contributed by atoms with Crippen LogP contribution in [0.4, 0.5) is 5.69 Å². The van der Waals surface area contributed by atoms with E-state index < -0.39 is 10.0 Å². The maximum atomic E-state index is 12.6. The fourth-order valence-corrected chi connectivity index (χ4v) is 4.67. The van der Waals surface area contributed by atoms with Gasteiger partial charge < -0.3 is 14.8 Å². The first-order valence-electron chi connectivity index (χ1n) is 8.83. The van der Waals surface area contributed by atoms with Crippen molar-refractivity contribution in [2.75, 3.05) is 38.2 Å². The zero-order valence-corrected chi connectivity index (χ0v) is 17.8. The van der Waals surface area contributed by atoms with Crippen molar-refractivity contribution in [1.29, 1.82) is 0 Å². The summed E-state index contributed by atoms with van der Waals surface area (Å²) in [5.74, 6) is 0.365. The topological polar surface area (TPSA) is 84.9 Å². The lowest BCUT2D eigenvalue weighted by Gasteiger charge is -2.26. The highest BCUT2D eigenvalue weighted by Gasteiger charge is 2.26. The number of sulfonamides is 1. The molecule has 0 aromatic heterocycles. The van der Waals surface area contributed by atoms with Crippen LogP contribution in [0.15, 0.2) is 51.8 Å². The average Bonchev–Trinajstić information content (AvgIpc) is 2.70. The van der Waals surface area contributed by atoms with Gasteiger partial charge in [0.05, 0.1) is 29.2 Å². The molecule has 3 rings (SSSR count). The molecule has 0 spiro atoms. The van der Waals surface area contributed by atoms with Crippen LogP contribution in [-0.2, 0) is 14.8 Å². The first-order chi connectivity index (χ1) is 13.4. The highest BCUT2D eigenvalue weighted by Crippen LogP contribution is 2.26. The Hall–Kier alpha value is -1.94. The molecule has 0 bridgehead atoms. The van der Waals surface area contributed by atoms with Crippen LogP contribution in [-0.4, -0.2) is 51.5 Å². The van der Waals surface area contributed by atoms with Crippen LogP contribution in [0.3, 0.4) is 0 Å². The van der Waals surface area contributed by atoms with Gasteiger partial charge in [0.25, 0.3) is 5.91 Å². The second kappa shape index (κ2) is 9.04. The molecule has 9 heteroatoms. The van der Waals surface area contributed by atoms with E-state index in [1.165, 1.54) is 16.4 Å². The van der Waals surface area contributed by atoms with Crippen LogP contribution >= 0.6 is 15.9 Å². The number of benzene rings is 2. The third-order valence-electron chi connectivity index (χ3n) is 4.21. The number of morpholine rings is 1. The van der Waals surface area contributed by atoms with E-state index in [1.807, 2.05) is 6.92 Å². The molecule has 7 nitrogen and oxygen atoms in total. The SMILES string of the molecule is CCOc1ccc(C(=O)Nc2ccc(S(=O)(=O)N3CCOCC3)cc2)cc1Br. The lowest BCUT2D eigenvalue weighted by Crippen LogP contribution is -2.40. The Morgan fingerprint density at radius 2 is 1.86 bits per heavy atom. The van der Waals surface area contributed by atoms with Gasteiger partial charge in [0, 0.05) is 24.3 Å². The van der Waals surface area contributed by atoms with E-state index in [9.17, 15) is 13.2 Å². The van der Waals surface area contributed by atoms with Crippen molar-refractivity contribution < 1.29 is 22.7 Å². The Morgan fingerprint density at radius 1 is 1.18 bits per heavy atom. The summed E-state index contributed by atoms with van der Waals surface area (Å²) >= 11 is 3.39. The minimum Gasteiger partial charge on any atom is -0.493 e. The van der Waals surface area contributed by atoms with E-state index in [0.717, 1.165) is 0 Å². The van der Waals surface area contributed by atoms with E-state index >= 15 is 0 Å². The van der Waals surface area contributed by atoms with Gasteiger partial charge in [-0.2, -0.15) is 4.31 Å². The highest BCUT2D eigenvalue weighted by molar-refractivity contribution is 9.10. The number of nitrogens with zero attached hydrogens (tertiary/aromatic N) is 1. The molecular formula is C19H21BrN2O5S. The van der Waals surface area contributed by atoms with Gasteiger partial charge in [-0.15, -0.1) is 0 Å². The van der Waals surface area contributed by atoms with Crippen molar-refractivity contribution in [3.63, 3.8) is 0 Å². The van der Waals surface area contributed by atoms with Gasteiger partial charge in [-0.1, -0.05) is 0 Å². The van der Waals surface area contributed by atoms with Gasteiger partial charge >= 0.3 is 0 Å². The molecule has 2 aromatic carbocycles. The van der Waals surface area contributed by atoms with Crippen LogP contribution in [0.2, 0.25) is 0 Å². The number of nitrogens with one attached hydrogen (secondary N) is 1. The van der Waals surface area contributed by atoms with Crippen LogP contribution in [0.25, 0.3) is 0 Å². The van der Waals surface area contributed by atoms with Gasteiger partial charge in [0.15, 0.2) is 0 Å². The molecule has 1 N–H and O–H groups in total. The molecule has 0 radical (unpaired) electrons. The maximum absolute atomic E-state index is 12.6. The number of ether oxygens (including phenoxy) is 2. The van der Waals surface area contributed by atoms with Crippen LogP contribution in [0.1, 0.15) is 17.3 Å². The number of rotatable bonds is 6. The normalized spacial score (nSPS) is 15.2. The molecule has 0 saturated carbocycles. The van der Waals surface area contributed by atoms with Crippen LogP contribution in [0, 0.1) is 0 Å². The molecule has 0 aliphatic carbocycles. The molecule has 0 unspecified atom stereocenters. The summed E-state index contributed by atoms with van der Waals surface area (Å²) < 4.78 is 38.0. The predicted octanol–water partition coefficient (Wildman–Crippen LogP) is 3.12. The van der Waals surface area contributed by atoms with Crippen molar-refractivity contribution in [1.82, 2.24) is 4.31 Å². The van der Waals surface area contributed by atoms with E-state index in [2.05, 4.69) is 21.2 Å². The van der Waals surface area contributed by atoms with Crippen molar-refractivity contribution in [2.45, 2.75) is 11.8 Å². The van der Waals surface area contributed by atoms with E-state index in [-0.39, 0.29) is 10.8 Å². The smallest absolute Gasteiger partial charge is 0.255 e. The summed E-state index contributed by atoms with van der Waals surface area (Å²) in [5, 5.41) is 2.77. The van der Waals surface area contributed by atoms with Crippen molar-refractivity contribution in [3.05, 3.63) is 52.5 Å². The van der Waals surface area contributed by atoms with Crippen LogP contribution < -0.4 is 10.1 Å². The molecule has 1 aliphatic heterocycles. The summed E-state index contributed by atoms with van der Waals surface area (Å²) in [6, 6.07) is 11.2. The molecule has 1 heterocycles. The van der Waals surface area contributed by atoms with Crippen molar-refractivity contribution in [3.8, 4) is 5.75 Å². The zero-order valence-electron chi connectivity index (χ0n) is 15.4. The zero-order chi connectivity index (χ0) is 20.1. The molecule has 1 amide bonds. The second-order valence-corrected chi connectivity index (χ2v) is 8.87. The molecule has 0 atom stereocenters. The summed E-state index contributed by atoms with van der Waals surface area (Å²) in [6.07, 6.45) is 0. The van der Waals surface area contributed by atoms with E-state index in [4.69, 9.17) is 9.47 Å². The fourth-order valence-electron chi connectivity index (χ4n) is 2.76. The second-order valence-electron chi connectivity index (χ2n) is 6.07. The molecule has 1 saturated heterocycles. The number of hydrogen-bond donors (Lipinski definition) is 1. The summed E-state index contributed by atoms with van der Waals surface area (Å²) in [7, 11) is -3.55. The summed E-state index contributed by atoms with van der Waals surface area (Å²) in [6.45, 7) is 3.89. The van der Waals surface area contributed by atoms with E-state index in [1.54, 1.807) is 30.3 Å². The fraction of sp³-hybridized carbons (Fsp3) is 0.316. The Labute approximate surface area is 172 Å². The number of carbonyl (C=O) groups is 1. The summed E-state index contributed by atoms with van der Waals surface area (Å²) in [4.78, 5) is 12.6. The average molecular weight is 469 g/mol. The first-order valence-corrected chi connectivity index (χ1v) is 11.1. The Morgan fingerprint density at radius 3 is 2.46 bits per heavy atom. The van der Waals surface area contributed by atoms with Crippen LogP contribution in [0.5, 0.6) is 5.75 Å². The van der Waals surface area contributed by atoms with Crippen molar-refractivity contribution in [2.24, 2.45) is 0 Å². The first kappa shape index (κ1) is 20.8. The number of amides is 1. The molecule has 150 valence electrons. The minimum atomic E-state index is -3.55.